The van der Waals surface area contributed by atoms with Crippen molar-refractivity contribution in [2.45, 2.75) is 18.4 Å². The van der Waals surface area contributed by atoms with E-state index < -0.39 is 24.0 Å². The van der Waals surface area contributed by atoms with E-state index in [0.29, 0.717) is 12.1 Å². The molecule has 1 aromatic rings. The van der Waals surface area contributed by atoms with E-state index in [1.807, 2.05) is 0 Å². The first-order valence-corrected chi connectivity index (χ1v) is 4.93. The van der Waals surface area contributed by atoms with Crippen LogP contribution in [0.2, 0.25) is 5.02 Å². The number of aliphatic hydroxyl groups is 1. The fraction of sp³-hybridized carbons (Fsp3) is 0.400. The third-order valence-electron chi connectivity index (χ3n) is 2.15. The maximum atomic E-state index is 13.1. The van der Waals surface area contributed by atoms with Gasteiger partial charge in [0.1, 0.15) is 0 Å². The molecule has 0 spiro atoms. The minimum atomic E-state index is -5.74. The highest BCUT2D eigenvalue weighted by atomic mass is 35.5. The molecule has 0 saturated carbocycles. The third kappa shape index (κ3) is 2.90. The highest BCUT2D eigenvalue weighted by Crippen LogP contribution is 2.45. The number of hydrogen-bond acceptors (Lipinski definition) is 2. The fourth-order valence-electron chi connectivity index (χ4n) is 1.24. The topological polar surface area (TPSA) is 29.5 Å². The van der Waals surface area contributed by atoms with Gasteiger partial charge in [-0.05, 0) is 18.2 Å². The molecule has 0 aliphatic heterocycles. The van der Waals surface area contributed by atoms with E-state index in [-0.39, 0.29) is 10.6 Å². The van der Waals surface area contributed by atoms with Crippen LogP contribution in [0, 0.1) is 0 Å². The Labute approximate surface area is 104 Å². The lowest BCUT2D eigenvalue weighted by molar-refractivity contribution is -0.289. The normalized spacial score (nSPS) is 14.7. The van der Waals surface area contributed by atoms with Gasteiger partial charge in [0.05, 0.1) is 0 Å². The van der Waals surface area contributed by atoms with Crippen LogP contribution in [-0.2, 0) is 10.7 Å². The molecule has 0 heterocycles. The zero-order valence-electron chi connectivity index (χ0n) is 8.93. The molecule has 102 valence electrons. The quantitative estimate of drug-likeness (QED) is 0.680. The summed E-state index contributed by atoms with van der Waals surface area (Å²) in [5, 5.41) is 8.88. The molecule has 0 amide bonds. The Morgan fingerprint density at radius 1 is 1.17 bits per heavy atom. The van der Waals surface area contributed by atoms with Crippen molar-refractivity contribution in [3.05, 3.63) is 34.3 Å². The lowest BCUT2D eigenvalue weighted by Crippen LogP contribution is -2.33. The molecule has 0 aromatic heterocycles. The molecule has 8 heteroatoms. The summed E-state index contributed by atoms with van der Waals surface area (Å²) in [5.74, 6) is -5.06. The van der Waals surface area contributed by atoms with Gasteiger partial charge in [-0.3, -0.25) is 0 Å². The molecule has 1 unspecified atom stereocenters. The molecular weight excluding hydrogens is 283 g/mol. The first kappa shape index (κ1) is 15.1. The molecular formula is C10H8ClF5O2. The summed E-state index contributed by atoms with van der Waals surface area (Å²) in [5.41, 5.74) is -1.64. The first-order valence-electron chi connectivity index (χ1n) is 4.56. The number of halogens is 6. The number of rotatable bonds is 3. The van der Waals surface area contributed by atoms with E-state index in [1.165, 1.54) is 0 Å². The van der Waals surface area contributed by atoms with Crippen molar-refractivity contribution in [1.29, 1.82) is 0 Å². The largest absolute Gasteiger partial charge is 0.458 e. The van der Waals surface area contributed by atoms with Gasteiger partial charge >= 0.3 is 12.1 Å². The number of alkyl halides is 5. The molecule has 1 aromatic carbocycles. The Kier molecular flexibility index (Phi) is 4.19. The first-order chi connectivity index (χ1) is 8.09. The van der Waals surface area contributed by atoms with Gasteiger partial charge in [0.15, 0.2) is 6.29 Å². The smallest absolute Gasteiger partial charge is 0.364 e. The molecule has 0 bridgehead atoms. The number of hydrogen-bond donors (Lipinski definition) is 1. The number of methoxy groups -OCH3 is 1. The Bertz CT molecular complexity index is 433. The molecule has 0 aliphatic rings. The van der Waals surface area contributed by atoms with E-state index in [9.17, 15) is 27.1 Å². The zero-order valence-corrected chi connectivity index (χ0v) is 9.69. The molecule has 0 fully saturated rings. The average Bonchev–Trinajstić information content (AvgIpc) is 2.25. The van der Waals surface area contributed by atoms with Crippen LogP contribution in [0.3, 0.4) is 0 Å². The maximum absolute atomic E-state index is 13.1. The van der Waals surface area contributed by atoms with Gasteiger partial charge in [-0.2, -0.15) is 22.0 Å². The van der Waals surface area contributed by atoms with Gasteiger partial charge in [0, 0.05) is 23.3 Å². The highest BCUT2D eigenvalue weighted by Gasteiger charge is 2.58. The lowest BCUT2D eigenvalue weighted by Gasteiger charge is -2.21. The summed E-state index contributed by atoms with van der Waals surface area (Å²) < 4.78 is 67.1. The van der Waals surface area contributed by atoms with Crippen LogP contribution in [-0.4, -0.2) is 18.4 Å². The summed E-state index contributed by atoms with van der Waals surface area (Å²) in [6.07, 6.45) is -7.38. The summed E-state index contributed by atoms with van der Waals surface area (Å²) in [4.78, 5) is 0. The Morgan fingerprint density at radius 3 is 2.17 bits per heavy atom. The van der Waals surface area contributed by atoms with Crippen molar-refractivity contribution < 1.29 is 31.8 Å². The summed E-state index contributed by atoms with van der Waals surface area (Å²) in [6, 6.07) is 2.01. The molecule has 0 aliphatic carbocycles. The molecule has 0 radical (unpaired) electrons. The lowest BCUT2D eigenvalue weighted by atomic mass is 10.0. The molecule has 1 atom stereocenters. The fourth-order valence-corrected chi connectivity index (χ4v) is 1.48. The van der Waals surface area contributed by atoms with E-state index in [1.54, 1.807) is 0 Å². The highest BCUT2D eigenvalue weighted by molar-refractivity contribution is 6.30. The van der Waals surface area contributed by atoms with Crippen LogP contribution in [0.5, 0.6) is 0 Å². The number of benzene rings is 1. The Morgan fingerprint density at radius 2 is 1.72 bits per heavy atom. The number of aliphatic hydroxyl groups excluding tert-OH is 1. The van der Waals surface area contributed by atoms with Gasteiger partial charge in [-0.1, -0.05) is 11.6 Å². The van der Waals surface area contributed by atoms with Gasteiger partial charge in [-0.25, -0.2) is 0 Å². The van der Waals surface area contributed by atoms with Crippen molar-refractivity contribution in [3.63, 3.8) is 0 Å². The van der Waals surface area contributed by atoms with E-state index in [4.69, 9.17) is 11.6 Å². The average molecular weight is 291 g/mol. The zero-order chi connectivity index (χ0) is 14.1. The van der Waals surface area contributed by atoms with Gasteiger partial charge < -0.3 is 9.84 Å². The van der Waals surface area contributed by atoms with Crippen LogP contribution in [0.1, 0.15) is 17.4 Å². The second kappa shape index (κ2) is 4.99. The monoisotopic (exact) mass is 290 g/mol. The van der Waals surface area contributed by atoms with Crippen molar-refractivity contribution in [1.82, 2.24) is 0 Å². The minimum Gasteiger partial charge on any atom is -0.364 e. The standard InChI is InChI=1S/C10H8ClF5O2/c1-18-8(17)5-2-6(4-7(11)3-5)9(12,13)10(14,15)16/h2-4,8,17H,1H3. The second-order valence-electron chi connectivity index (χ2n) is 3.43. The second-order valence-corrected chi connectivity index (χ2v) is 3.87. The van der Waals surface area contributed by atoms with Gasteiger partial charge in [-0.15, -0.1) is 0 Å². The number of ether oxygens (including phenoxy) is 1. The molecule has 2 nitrogen and oxygen atoms in total. The van der Waals surface area contributed by atoms with Crippen molar-refractivity contribution in [3.8, 4) is 0 Å². The molecule has 0 saturated heterocycles. The van der Waals surface area contributed by atoms with E-state index in [2.05, 4.69) is 4.74 Å². The van der Waals surface area contributed by atoms with Crippen molar-refractivity contribution in [2.75, 3.05) is 7.11 Å². The predicted molar refractivity (Wildman–Crippen MR) is 53.4 cm³/mol. The summed E-state index contributed by atoms with van der Waals surface area (Å²) in [6.45, 7) is 0. The molecule has 1 rings (SSSR count). The van der Waals surface area contributed by atoms with Crippen LogP contribution >= 0.6 is 11.6 Å². The van der Waals surface area contributed by atoms with E-state index in [0.717, 1.165) is 13.2 Å². The predicted octanol–water partition coefficient (Wildman–Crippen LogP) is 3.63. The van der Waals surface area contributed by atoms with Crippen LogP contribution in [0.15, 0.2) is 18.2 Å². The third-order valence-corrected chi connectivity index (χ3v) is 2.37. The minimum absolute atomic E-state index is 0.288. The van der Waals surface area contributed by atoms with E-state index >= 15 is 0 Å². The van der Waals surface area contributed by atoms with Gasteiger partial charge in [0.25, 0.3) is 0 Å². The molecule has 18 heavy (non-hydrogen) atoms. The van der Waals surface area contributed by atoms with Crippen molar-refractivity contribution in [2.24, 2.45) is 0 Å². The Hall–Kier alpha value is -0.920. The molecule has 1 N–H and O–H groups in total. The van der Waals surface area contributed by atoms with Crippen LogP contribution in [0.25, 0.3) is 0 Å². The van der Waals surface area contributed by atoms with Gasteiger partial charge in [0.2, 0.25) is 0 Å². The maximum Gasteiger partial charge on any atom is 0.458 e. The van der Waals surface area contributed by atoms with Crippen molar-refractivity contribution >= 4 is 11.6 Å². The Balaban J connectivity index is 3.30. The summed E-state index contributed by atoms with van der Waals surface area (Å²) >= 11 is 5.44. The summed E-state index contributed by atoms with van der Waals surface area (Å²) in [7, 11) is 1.06. The van der Waals surface area contributed by atoms with Crippen LogP contribution < -0.4 is 0 Å². The van der Waals surface area contributed by atoms with Crippen LogP contribution in [0.4, 0.5) is 22.0 Å². The SMILES string of the molecule is COC(O)c1cc(Cl)cc(C(F)(F)C(F)(F)F)c1.